The molecule has 0 spiro atoms. The van der Waals surface area contributed by atoms with Crippen LogP contribution in [0.25, 0.3) is 0 Å². The second-order valence-corrected chi connectivity index (χ2v) is 2.25. The van der Waals surface area contributed by atoms with Crippen molar-refractivity contribution < 1.29 is 14.1 Å². The molecular formula is C6H6ClNO3. The van der Waals surface area contributed by atoms with E-state index in [0.29, 0.717) is 5.69 Å². The van der Waals surface area contributed by atoms with Gasteiger partial charge in [0.05, 0.1) is 12.8 Å². The van der Waals surface area contributed by atoms with Gasteiger partial charge in [0, 0.05) is 0 Å². The number of ether oxygens (including phenoxy) is 1. The zero-order chi connectivity index (χ0) is 8.43. The van der Waals surface area contributed by atoms with E-state index in [4.69, 9.17) is 11.6 Å². The van der Waals surface area contributed by atoms with Crippen molar-refractivity contribution in [1.82, 2.24) is 5.16 Å². The minimum atomic E-state index is -0.534. The van der Waals surface area contributed by atoms with Crippen LogP contribution in [0.15, 0.2) is 4.52 Å². The molecule has 0 aliphatic carbocycles. The number of rotatable bonds is 1. The second-order valence-electron chi connectivity index (χ2n) is 1.91. The van der Waals surface area contributed by atoms with E-state index < -0.39 is 5.97 Å². The highest BCUT2D eigenvalue weighted by Crippen LogP contribution is 2.19. The van der Waals surface area contributed by atoms with Gasteiger partial charge >= 0.3 is 5.97 Å². The van der Waals surface area contributed by atoms with Crippen molar-refractivity contribution in [3.8, 4) is 0 Å². The third-order valence-electron chi connectivity index (χ3n) is 1.21. The van der Waals surface area contributed by atoms with Crippen LogP contribution in [0.4, 0.5) is 0 Å². The van der Waals surface area contributed by atoms with Crippen LogP contribution in [0.1, 0.15) is 16.1 Å². The summed E-state index contributed by atoms with van der Waals surface area (Å²) in [7, 11) is 1.27. The summed E-state index contributed by atoms with van der Waals surface area (Å²) in [6.07, 6.45) is 0. The molecule has 0 aromatic carbocycles. The second kappa shape index (κ2) is 2.92. The molecule has 0 saturated heterocycles. The highest BCUT2D eigenvalue weighted by atomic mass is 35.5. The van der Waals surface area contributed by atoms with Crippen molar-refractivity contribution in [2.75, 3.05) is 7.11 Å². The molecule has 0 bridgehead atoms. The van der Waals surface area contributed by atoms with Crippen LogP contribution in [0.2, 0.25) is 5.22 Å². The van der Waals surface area contributed by atoms with Crippen LogP contribution in [0.3, 0.4) is 0 Å². The lowest BCUT2D eigenvalue weighted by Gasteiger charge is -1.93. The van der Waals surface area contributed by atoms with E-state index in [1.807, 2.05) is 0 Å². The van der Waals surface area contributed by atoms with Gasteiger partial charge in [0.1, 0.15) is 5.56 Å². The van der Waals surface area contributed by atoms with Crippen LogP contribution in [-0.2, 0) is 4.74 Å². The van der Waals surface area contributed by atoms with Gasteiger partial charge in [-0.3, -0.25) is 0 Å². The lowest BCUT2D eigenvalue weighted by Crippen LogP contribution is -2.01. The highest BCUT2D eigenvalue weighted by Gasteiger charge is 2.18. The topological polar surface area (TPSA) is 52.3 Å². The fourth-order valence-electron chi connectivity index (χ4n) is 0.672. The Balaban J connectivity index is 3.10. The van der Waals surface area contributed by atoms with Gasteiger partial charge in [0.15, 0.2) is 0 Å². The van der Waals surface area contributed by atoms with Gasteiger partial charge in [-0.05, 0) is 18.5 Å². The summed E-state index contributed by atoms with van der Waals surface area (Å²) in [5.74, 6) is -0.534. The molecule has 5 heteroatoms. The van der Waals surface area contributed by atoms with Gasteiger partial charge in [-0.2, -0.15) is 0 Å². The highest BCUT2D eigenvalue weighted by molar-refractivity contribution is 6.31. The largest absolute Gasteiger partial charge is 0.465 e. The average molecular weight is 176 g/mol. The molecule has 0 N–H and O–H groups in total. The summed E-state index contributed by atoms with van der Waals surface area (Å²) in [4.78, 5) is 10.9. The molecule has 60 valence electrons. The Morgan fingerprint density at radius 1 is 1.73 bits per heavy atom. The Bertz CT molecular complexity index is 262. The van der Waals surface area contributed by atoms with Gasteiger partial charge in [-0.15, -0.1) is 0 Å². The number of halogens is 1. The third kappa shape index (κ3) is 1.35. The molecule has 0 saturated carbocycles. The summed E-state index contributed by atoms with van der Waals surface area (Å²) in [6, 6.07) is 0. The quantitative estimate of drug-likeness (QED) is 0.606. The summed E-state index contributed by atoms with van der Waals surface area (Å²) >= 11 is 5.49. The van der Waals surface area contributed by atoms with Crippen molar-refractivity contribution in [3.05, 3.63) is 16.5 Å². The monoisotopic (exact) mass is 175 g/mol. The molecule has 1 aromatic rings. The van der Waals surface area contributed by atoms with E-state index in [9.17, 15) is 4.79 Å². The van der Waals surface area contributed by atoms with Gasteiger partial charge in [-0.1, -0.05) is 5.16 Å². The Morgan fingerprint density at radius 3 is 2.73 bits per heavy atom. The van der Waals surface area contributed by atoms with Crippen LogP contribution in [-0.4, -0.2) is 18.2 Å². The zero-order valence-corrected chi connectivity index (χ0v) is 6.81. The maximum Gasteiger partial charge on any atom is 0.344 e. The molecule has 0 aliphatic heterocycles. The van der Waals surface area contributed by atoms with Crippen LogP contribution < -0.4 is 0 Å². The number of esters is 1. The maximum atomic E-state index is 10.9. The van der Waals surface area contributed by atoms with Crippen LogP contribution >= 0.6 is 11.6 Å². The molecule has 0 aliphatic rings. The first-order valence-corrected chi connectivity index (χ1v) is 3.24. The summed E-state index contributed by atoms with van der Waals surface area (Å²) in [5, 5.41) is 3.44. The van der Waals surface area contributed by atoms with Crippen molar-refractivity contribution in [2.24, 2.45) is 0 Å². The lowest BCUT2D eigenvalue weighted by molar-refractivity contribution is 0.0599. The van der Waals surface area contributed by atoms with E-state index >= 15 is 0 Å². The molecule has 0 amide bonds. The molecule has 1 heterocycles. The standard InChI is InChI=1S/C6H6ClNO3/c1-3-4(6(9)10-2)5(7)11-8-3/h1-2H3. The van der Waals surface area contributed by atoms with Crippen molar-refractivity contribution >= 4 is 17.6 Å². The Morgan fingerprint density at radius 2 is 2.36 bits per heavy atom. The Labute approximate surface area is 68.1 Å². The smallest absolute Gasteiger partial charge is 0.344 e. The number of hydrogen-bond acceptors (Lipinski definition) is 4. The molecule has 0 unspecified atom stereocenters. The molecule has 4 nitrogen and oxygen atoms in total. The molecule has 0 radical (unpaired) electrons. The number of hydrogen-bond donors (Lipinski definition) is 0. The normalized spacial score (nSPS) is 9.73. The van der Waals surface area contributed by atoms with Crippen molar-refractivity contribution in [1.29, 1.82) is 0 Å². The molecule has 1 aromatic heterocycles. The molecule has 0 atom stereocenters. The summed E-state index contributed by atoms with van der Waals surface area (Å²) in [6.45, 7) is 1.61. The molecule has 11 heavy (non-hydrogen) atoms. The summed E-state index contributed by atoms with van der Waals surface area (Å²) in [5.41, 5.74) is 0.621. The van der Waals surface area contributed by atoms with E-state index in [-0.39, 0.29) is 10.8 Å². The van der Waals surface area contributed by atoms with Crippen molar-refractivity contribution in [2.45, 2.75) is 6.92 Å². The Kier molecular flexibility index (Phi) is 2.14. The number of methoxy groups -OCH3 is 1. The van der Waals surface area contributed by atoms with E-state index in [0.717, 1.165) is 0 Å². The van der Waals surface area contributed by atoms with E-state index in [1.54, 1.807) is 6.92 Å². The first-order chi connectivity index (χ1) is 5.16. The van der Waals surface area contributed by atoms with Crippen LogP contribution in [0, 0.1) is 6.92 Å². The number of carbonyl (C=O) groups is 1. The SMILES string of the molecule is COC(=O)c1c(C)noc1Cl. The van der Waals surface area contributed by atoms with Gasteiger partial charge in [-0.25, -0.2) is 4.79 Å². The van der Waals surface area contributed by atoms with Gasteiger partial charge < -0.3 is 9.26 Å². The predicted octanol–water partition coefficient (Wildman–Crippen LogP) is 1.42. The van der Waals surface area contributed by atoms with Gasteiger partial charge in [0.25, 0.3) is 0 Å². The number of nitrogens with zero attached hydrogens (tertiary/aromatic N) is 1. The van der Waals surface area contributed by atoms with Gasteiger partial charge in [0.2, 0.25) is 5.22 Å². The maximum absolute atomic E-state index is 10.9. The number of carbonyl (C=O) groups excluding carboxylic acids is 1. The number of aromatic nitrogens is 1. The first-order valence-electron chi connectivity index (χ1n) is 2.87. The minimum Gasteiger partial charge on any atom is -0.465 e. The summed E-state index contributed by atoms with van der Waals surface area (Å²) < 4.78 is 8.97. The van der Waals surface area contributed by atoms with E-state index in [1.165, 1.54) is 7.11 Å². The first kappa shape index (κ1) is 8.07. The Hall–Kier alpha value is -1.03. The molecule has 0 fully saturated rings. The zero-order valence-electron chi connectivity index (χ0n) is 6.05. The van der Waals surface area contributed by atoms with Crippen molar-refractivity contribution in [3.63, 3.8) is 0 Å². The fraction of sp³-hybridized carbons (Fsp3) is 0.333. The third-order valence-corrected chi connectivity index (χ3v) is 1.47. The fourth-order valence-corrected chi connectivity index (χ4v) is 0.920. The average Bonchev–Trinajstić information content (AvgIpc) is 2.30. The van der Waals surface area contributed by atoms with Crippen LogP contribution in [0.5, 0.6) is 0 Å². The lowest BCUT2D eigenvalue weighted by atomic mass is 10.3. The number of aryl methyl sites for hydroxylation is 1. The minimum absolute atomic E-state index is 0.0330. The molecule has 1 rings (SSSR count). The van der Waals surface area contributed by atoms with E-state index in [2.05, 4.69) is 14.4 Å². The predicted molar refractivity (Wildman–Crippen MR) is 37.6 cm³/mol. The molecular weight excluding hydrogens is 170 g/mol.